The van der Waals surface area contributed by atoms with Crippen molar-refractivity contribution in [3.05, 3.63) is 40.7 Å². The fourth-order valence-corrected chi connectivity index (χ4v) is 6.83. The van der Waals surface area contributed by atoms with E-state index in [0.717, 1.165) is 5.69 Å². The van der Waals surface area contributed by atoms with E-state index in [1.54, 1.807) is 29.6 Å². The molecule has 2 saturated heterocycles. The summed E-state index contributed by atoms with van der Waals surface area (Å²) in [5.41, 5.74) is 1.43. The molecule has 1 amide bonds. The van der Waals surface area contributed by atoms with Crippen molar-refractivity contribution in [2.75, 3.05) is 49.6 Å². The summed E-state index contributed by atoms with van der Waals surface area (Å²) in [5, 5.41) is 5.31. The molecule has 0 aliphatic carbocycles. The van der Waals surface area contributed by atoms with Gasteiger partial charge in [0.15, 0.2) is 0 Å². The van der Waals surface area contributed by atoms with Crippen molar-refractivity contribution < 1.29 is 17.9 Å². The van der Waals surface area contributed by atoms with E-state index in [1.165, 1.54) is 15.6 Å². The van der Waals surface area contributed by atoms with Crippen molar-refractivity contribution in [1.82, 2.24) is 4.31 Å². The number of carbonyl (C=O) groups excluding carboxylic acids is 1. The standard InChI is InChI=1S/C20H24ClN3O4S2/c21-16-5-1-6-17(19(16)23-9-11-28-12-10-23)22-20(25)15-4-2-8-24(14-15)30(26,27)18-7-3-13-29-18/h1,3,5-7,13,15H,2,4,8-12,14H2,(H,22,25). The van der Waals surface area contributed by atoms with Crippen LogP contribution in [0.25, 0.3) is 0 Å². The molecular formula is C20H24ClN3O4S2. The van der Waals surface area contributed by atoms with Crippen molar-refractivity contribution in [2.45, 2.75) is 17.1 Å². The van der Waals surface area contributed by atoms with Gasteiger partial charge >= 0.3 is 0 Å². The highest BCUT2D eigenvalue weighted by molar-refractivity contribution is 7.91. The van der Waals surface area contributed by atoms with E-state index in [9.17, 15) is 13.2 Å². The molecule has 10 heteroatoms. The van der Waals surface area contributed by atoms with Crippen LogP contribution in [0.5, 0.6) is 0 Å². The number of thiophene rings is 1. The molecule has 162 valence electrons. The molecule has 2 fully saturated rings. The van der Waals surface area contributed by atoms with Crippen molar-refractivity contribution >= 4 is 50.2 Å². The van der Waals surface area contributed by atoms with Gasteiger partial charge in [-0.2, -0.15) is 4.31 Å². The molecule has 2 aliphatic rings. The second-order valence-electron chi connectivity index (χ2n) is 7.36. The molecule has 0 saturated carbocycles. The van der Waals surface area contributed by atoms with Gasteiger partial charge in [-0.25, -0.2) is 8.42 Å². The van der Waals surface area contributed by atoms with Crippen LogP contribution < -0.4 is 10.2 Å². The summed E-state index contributed by atoms with van der Waals surface area (Å²) in [5.74, 6) is -0.595. The van der Waals surface area contributed by atoms with Crippen molar-refractivity contribution in [2.24, 2.45) is 5.92 Å². The summed E-state index contributed by atoms with van der Waals surface area (Å²) in [7, 11) is -3.56. The number of hydrogen-bond donors (Lipinski definition) is 1. The van der Waals surface area contributed by atoms with Crippen LogP contribution in [0.1, 0.15) is 12.8 Å². The number of piperidine rings is 1. The zero-order valence-electron chi connectivity index (χ0n) is 16.4. The van der Waals surface area contributed by atoms with E-state index in [4.69, 9.17) is 16.3 Å². The first-order valence-electron chi connectivity index (χ1n) is 9.92. The summed E-state index contributed by atoms with van der Waals surface area (Å²) in [6, 6.07) is 8.76. The first kappa shape index (κ1) is 21.6. The fraction of sp³-hybridized carbons (Fsp3) is 0.450. The maximum absolute atomic E-state index is 13.1. The Morgan fingerprint density at radius 2 is 1.97 bits per heavy atom. The number of hydrogen-bond acceptors (Lipinski definition) is 6. The number of ether oxygens (including phenoxy) is 1. The lowest BCUT2D eigenvalue weighted by atomic mass is 9.98. The van der Waals surface area contributed by atoms with Crippen molar-refractivity contribution in [3.8, 4) is 0 Å². The van der Waals surface area contributed by atoms with Crippen LogP contribution in [0, 0.1) is 5.92 Å². The Bertz CT molecular complexity index is 991. The Morgan fingerprint density at radius 3 is 2.70 bits per heavy atom. The smallest absolute Gasteiger partial charge is 0.252 e. The zero-order valence-corrected chi connectivity index (χ0v) is 18.8. The van der Waals surface area contributed by atoms with Crippen molar-refractivity contribution in [1.29, 1.82) is 0 Å². The minimum atomic E-state index is -3.56. The number of morpholine rings is 1. The summed E-state index contributed by atoms with van der Waals surface area (Å²) >= 11 is 7.65. The van der Waals surface area contributed by atoms with Gasteiger partial charge in [0.1, 0.15) is 4.21 Å². The molecule has 30 heavy (non-hydrogen) atoms. The van der Waals surface area contributed by atoms with Gasteiger partial charge < -0.3 is 15.0 Å². The molecule has 1 N–H and O–H groups in total. The molecule has 1 aromatic heterocycles. The van der Waals surface area contributed by atoms with E-state index in [0.29, 0.717) is 60.6 Å². The van der Waals surface area contributed by atoms with E-state index >= 15 is 0 Å². The summed E-state index contributed by atoms with van der Waals surface area (Å²) < 4.78 is 32.9. The third kappa shape index (κ3) is 4.50. The third-order valence-corrected chi connectivity index (χ3v) is 8.96. The van der Waals surface area contributed by atoms with E-state index in [-0.39, 0.29) is 12.5 Å². The van der Waals surface area contributed by atoms with Crippen LogP contribution >= 0.6 is 22.9 Å². The predicted octanol–water partition coefficient (Wildman–Crippen LogP) is 3.28. The average Bonchev–Trinajstić information content (AvgIpc) is 3.30. The van der Waals surface area contributed by atoms with E-state index in [2.05, 4.69) is 10.2 Å². The monoisotopic (exact) mass is 469 g/mol. The number of carbonyl (C=O) groups is 1. The van der Waals surface area contributed by atoms with Gasteiger partial charge in [-0.1, -0.05) is 23.7 Å². The van der Waals surface area contributed by atoms with Crippen LogP contribution in [0.2, 0.25) is 5.02 Å². The molecule has 1 aromatic carbocycles. The molecule has 3 heterocycles. The number of halogens is 1. The maximum Gasteiger partial charge on any atom is 0.252 e. The molecular weight excluding hydrogens is 446 g/mol. The van der Waals surface area contributed by atoms with Gasteiger partial charge in [-0.3, -0.25) is 4.79 Å². The first-order chi connectivity index (χ1) is 14.5. The predicted molar refractivity (Wildman–Crippen MR) is 119 cm³/mol. The second-order valence-corrected chi connectivity index (χ2v) is 10.9. The molecule has 1 atom stereocenters. The van der Waals surface area contributed by atoms with Crippen molar-refractivity contribution in [3.63, 3.8) is 0 Å². The largest absolute Gasteiger partial charge is 0.378 e. The number of nitrogens with zero attached hydrogens (tertiary/aromatic N) is 2. The minimum absolute atomic E-state index is 0.180. The molecule has 1 unspecified atom stereocenters. The first-order valence-corrected chi connectivity index (χ1v) is 12.6. The molecule has 2 aromatic rings. The number of rotatable bonds is 5. The normalized spacial score (nSPS) is 20.8. The second kappa shape index (κ2) is 9.23. The highest BCUT2D eigenvalue weighted by Crippen LogP contribution is 2.35. The number of benzene rings is 1. The van der Waals surface area contributed by atoms with E-state index < -0.39 is 15.9 Å². The summed E-state index contributed by atoms with van der Waals surface area (Å²) in [6.45, 7) is 3.22. The van der Waals surface area contributed by atoms with Gasteiger partial charge in [0.05, 0.1) is 35.5 Å². The fourth-order valence-electron chi connectivity index (χ4n) is 3.87. The highest BCUT2D eigenvalue weighted by atomic mass is 35.5. The molecule has 0 radical (unpaired) electrons. The van der Waals surface area contributed by atoms with E-state index in [1.807, 2.05) is 6.07 Å². The van der Waals surface area contributed by atoms with Gasteiger partial charge in [0.2, 0.25) is 5.91 Å². The average molecular weight is 470 g/mol. The van der Waals surface area contributed by atoms with Gasteiger partial charge in [-0.15, -0.1) is 11.3 Å². The van der Waals surface area contributed by atoms with Crippen LogP contribution in [-0.4, -0.2) is 58.0 Å². The summed E-state index contributed by atoms with van der Waals surface area (Å²) in [6.07, 6.45) is 1.30. The highest BCUT2D eigenvalue weighted by Gasteiger charge is 2.34. The maximum atomic E-state index is 13.1. The van der Waals surface area contributed by atoms with Crippen LogP contribution in [0.15, 0.2) is 39.9 Å². The molecule has 4 rings (SSSR count). The molecule has 7 nitrogen and oxygen atoms in total. The topological polar surface area (TPSA) is 79.0 Å². The Morgan fingerprint density at radius 1 is 1.17 bits per heavy atom. The lowest BCUT2D eigenvalue weighted by Crippen LogP contribution is -2.43. The quantitative estimate of drug-likeness (QED) is 0.727. The number of para-hydroxylation sites is 1. The van der Waals surface area contributed by atoms with Crippen LogP contribution in [-0.2, 0) is 19.6 Å². The Labute approximate surface area is 185 Å². The molecule has 2 aliphatic heterocycles. The number of anilines is 2. The van der Waals surface area contributed by atoms with Gasteiger partial charge in [0, 0.05) is 26.2 Å². The Balaban J connectivity index is 1.50. The Kier molecular flexibility index (Phi) is 6.64. The van der Waals surface area contributed by atoms with Gasteiger partial charge in [-0.05, 0) is 36.4 Å². The SMILES string of the molecule is O=C(Nc1cccc(Cl)c1N1CCOCC1)C1CCCN(S(=O)(=O)c2cccs2)C1. The molecule has 0 bridgehead atoms. The third-order valence-electron chi connectivity index (χ3n) is 5.42. The van der Waals surface area contributed by atoms with Crippen LogP contribution in [0.3, 0.4) is 0 Å². The number of amides is 1. The lowest BCUT2D eigenvalue weighted by molar-refractivity contribution is -0.120. The van der Waals surface area contributed by atoms with Crippen LogP contribution in [0.4, 0.5) is 11.4 Å². The van der Waals surface area contributed by atoms with Gasteiger partial charge in [0.25, 0.3) is 10.0 Å². The molecule has 0 spiro atoms. The minimum Gasteiger partial charge on any atom is -0.378 e. The summed E-state index contributed by atoms with van der Waals surface area (Å²) in [4.78, 5) is 15.2. The zero-order chi connectivity index (χ0) is 21.1. The lowest BCUT2D eigenvalue weighted by Gasteiger charge is -2.33. The Hall–Kier alpha value is -1.65. The number of nitrogens with one attached hydrogen (secondary N) is 1. The number of sulfonamides is 1.